The third-order valence-electron chi connectivity index (χ3n) is 5.65. The number of nitrogens with zero attached hydrogens (tertiary/aromatic N) is 3. The smallest absolute Gasteiger partial charge is 0.257 e. The fraction of sp³-hybridized carbons (Fsp3) is 0.409. The highest BCUT2D eigenvalue weighted by molar-refractivity contribution is 6.33. The molecule has 7 heteroatoms. The molecule has 29 heavy (non-hydrogen) atoms. The topological polar surface area (TPSA) is 73.0 Å². The van der Waals surface area contributed by atoms with E-state index in [0.29, 0.717) is 52.5 Å². The van der Waals surface area contributed by atoms with E-state index < -0.39 is 0 Å². The van der Waals surface area contributed by atoms with Crippen LogP contribution in [0.1, 0.15) is 65.0 Å². The van der Waals surface area contributed by atoms with Crippen molar-refractivity contribution in [2.24, 2.45) is 0 Å². The monoisotopic (exact) mass is 410 g/mol. The Bertz CT molecular complexity index is 1060. The molecule has 0 atom stereocenters. The second-order valence-electron chi connectivity index (χ2n) is 7.96. The number of carbonyl (C=O) groups is 1. The Morgan fingerprint density at radius 3 is 2.72 bits per heavy atom. The van der Waals surface area contributed by atoms with Gasteiger partial charge in [0.2, 0.25) is 0 Å². The number of benzene rings is 1. The van der Waals surface area contributed by atoms with E-state index in [4.69, 9.17) is 21.2 Å². The van der Waals surface area contributed by atoms with Crippen LogP contribution in [-0.2, 0) is 6.54 Å². The van der Waals surface area contributed by atoms with Gasteiger partial charge in [0.25, 0.3) is 5.91 Å². The zero-order chi connectivity index (χ0) is 20.0. The predicted octanol–water partition coefficient (Wildman–Crippen LogP) is 4.68. The molecule has 2 aromatic heterocycles. The van der Waals surface area contributed by atoms with Crippen LogP contribution in [0.3, 0.4) is 0 Å². The zero-order valence-corrected chi connectivity index (χ0v) is 17.1. The lowest BCUT2D eigenvalue weighted by Gasteiger charge is -2.09. The number of carbonyl (C=O) groups excluding carboxylic acids is 1. The summed E-state index contributed by atoms with van der Waals surface area (Å²) >= 11 is 6.29. The number of halogens is 1. The molecular weight excluding hydrogens is 388 g/mol. The Morgan fingerprint density at radius 1 is 1.24 bits per heavy atom. The molecule has 2 heterocycles. The van der Waals surface area contributed by atoms with E-state index >= 15 is 0 Å². The molecule has 2 fully saturated rings. The summed E-state index contributed by atoms with van der Waals surface area (Å²) in [4.78, 5) is 12.9. The van der Waals surface area contributed by atoms with Crippen LogP contribution in [0.2, 0.25) is 5.02 Å². The number of nitrogens with one attached hydrogen (secondary N) is 1. The van der Waals surface area contributed by atoms with E-state index in [0.717, 1.165) is 0 Å². The van der Waals surface area contributed by atoms with Gasteiger partial charge in [-0.2, -0.15) is 5.10 Å². The first-order chi connectivity index (χ1) is 14.1. The number of amides is 1. The summed E-state index contributed by atoms with van der Waals surface area (Å²) in [5, 5.41) is 12.4. The SMILES string of the molecule is Cc1onc(-c2ccccc2Cl)c1C(=O)NCCn1nc(C2CC2)cc1C1CC1. The van der Waals surface area contributed by atoms with E-state index in [-0.39, 0.29) is 5.91 Å². The lowest BCUT2D eigenvalue weighted by molar-refractivity contribution is 0.0951. The van der Waals surface area contributed by atoms with Gasteiger partial charge >= 0.3 is 0 Å². The van der Waals surface area contributed by atoms with Gasteiger partial charge in [0.15, 0.2) is 0 Å². The largest absolute Gasteiger partial charge is 0.360 e. The molecular formula is C22H23ClN4O2. The molecule has 0 unspecified atom stereocenters. The van der Waals surface area contributed by atoms with Crippen molar-refractivity contribution < 1.29 is 9.32 Å². The van der Waals surface area contributed by atoms with Crippen molar-refractivity contribution in [1.82, 2.24) is 20.3 Å². The highest BCUT2D eigenvalue weighted by Crippen LogP contribution is 2.44. The van der Waals surface area contributed by atoms with Crippen molar-refractivity contribution in [3.8, 4) is 11.3 Å². The second-order valence-corrected chi connectivity index (χ2v) is 8.37. The zero-order valence-electron chi connectivity index (χ0n) is 16.3. The normalized spacial score (nSPS) is 16.2. The van der Waals surface area contributed by atoms with Crippen LogP contribution in [0.5, 0.6) is 0 Å². The molecule has 2 saturated carbocycles. The number of aryl methyl sites for hydroxylation is 1. The van der Waals surface area contributed by atoms with Gasteiger partial charge in [-0.1, -0.05) is 35.0 Å². The summed E-state index contributed by atoms with van der Waals surface area (Å²) in [6.45, 7) is 2.90. The second kappa shape index (κ2) is 7.34. The maximum atomic E-state index is 12.9. The van der Waals surface area contributed by atoms with Crippen molar-refractivity contribution in [1.29, 1.82) is 0 Å². The molecule has 1 N–H and O–H groups in total. The van der Waals surface area contributed by atoms with Gasteiger partial charge in [-0.15, -0.1) is 0 Å². The Morgan fingerprint density at radius 2 is 2.00 bits per heavy atom. The lowest BCUT2D eigenvalue weighted by atomic mass is 10.1. The first-order valence-corrected chi connectivity index (χ1v) is 10.6. The van der Waals surface area contributed by atoms with E-state index in [1.54, 1.807) is 13.0 Å². The minimum Gasteiger partial charge on any atom is -0.360 e. The van der Waals surface area contributed by atoms with E-state index in [1.165, 1.54) is 37.1 Å². The average Bonchev–Trinajstić information content (AvgIpc) is 3.64. The van der Waals surface area contributed by atoms with Crippen LogP contribution < -0.4 is 5.32 Å². The molecule has 2 aliphatic carbocycles. The predicted molar refractivity (Wildman–Crippen MR) is 110 cm³/mol. The minimum atomic E-state index is -0.207. The first-order valence-electron chi connectivity index (χ1n) is 10.2. The molecule has 150 valence electrons. The van der Waals surface area contributed by atoms with Crippen LogP contribution in [-0.4, -0.2) is 27.4 Å². The summed E-state index contributed by atoms with van der Waals surface area (Å²) < 4.78 is 7.38. The molecule has 0 radical (unpaired) electrons. The van der Waals surface area contributed by atoms with Crippen LogP contribution in [0.15, 0.2) is 34.9 Å². The van der Waals surface area contributed by atoms with Gasteiger partial charge < -0.3 is 9.84 Å². The Labute approximate surface area is 174 Å². The molecule has 0 spiro atoms. The van der Waals surface area contributed by atoms with Crippen LogP contribution in [0.4, 0.5) is 0 Å². The standard InChI is InChI=1S/C22H23ClN4O2/c1-13-20(21(26-29-13)16-4-2-3-5-17(16)23)22(28)24-10-11-27-19(15-8-9-15)12-18(25-27)14-6-7-14/h2-5,12,14-15H,6-11H2,1H3,(H,24,28). The maximum absolute atomic E-state index is 12.9. The lowest BCUT2D eigenvalue weighted by Crippen LogP contribution is -2.28. The fourth-order valence-corrected chi connectivity index (χ4v) is 3.98. The Kier molecular flexibility index (Phi) is 4.66. The summed E-state index contributed by atoms with van der Waals surface area (Å²) in [7, 11) is 0. The molecule has 5 rings (SSSR count). The number of aromatic nitrogens is 3. The van der Waals surface area contributed by atoms with Crippen molar-refractivity contribution in [2.75, 3.05) is 6.54 Å². The highest BCUT2D eigenvalue weighted by atomic mass is 35.5. The molecule has 1 amide bonds. The Balaban J connectivity index is 1.30. The van der Waals surface area contributed by atoms with Gasteiger partial charge in [0, 0.05) is 29.6 Å². The quantitative estimate of drug-likeness (QED) is 0.613. The maximum Gasteiger partial charge on any atom is 0.257 e. The van der Waals surface area contributed by atoms with Gasteiger partial charge in [-0.25, -0.2) is 0 Å². The summed E-state index contributed by atoms with van der Waals surface area (Å²) in [5.74, 6) is 1.55. The van der Waals surface area contributed by atoms with E-state index in [9.17, 15) is 4.79 Å². The Hall–Kier alpha value is -2.60. The van der Waals surface area contributed by atoms with E-state index in [2.05, 4.69) is 21.2 Å². The first kappa shape index (κ1) is 18.4. The highest BCUT2D eigenvalue weighted by Gasteiger charge is 2.32. The van der Waals surface area contributed by atoms with Gasteiger partial charge in [-0.3, -0.25) is 9.48 Å². The number of rotatable bonds is 7. The third kappa shape index (κ3) is 3.69. The summed E-state index contributed by atoms with van der Waals surface area (Å²) in [6, 6.07) is 9.59. The molecule has 0 bridgehead atoms. The van der Waals surface area contributed by atoms with Crippen molar-refractivity contribution >= 4 is 17.5 Å². The minimum absolute atomic E-state index is 0.207. The number of hydrogen-bond donors (Lipinski definition) is 1. The average molecular weight is 411 g/mol. The molecule has 3 aromatic rings. The van der Waals surface area contributed by atoms with E-state index in [1.807, 2.05) is 18.2 Å². The summed E-state index contributed by atoms with van der Waals surface area (Å²) in [5.41, 5.74) is 4.13. The van der Waals surface area contributed by atoms with Crippen LogP contribution in [0.25, 0.3) is 11.3 Å². The van der Waals surface area contributed by atoms with Crippen LogP contribution in [0, 0.1) is 6.92 Å². The molecule has 6 nitrogen and oxygen atoms in total. The molecule has 1 aromatic carbocycles. The third-order valence-corrected chi connectivity index (χ3v) is 5.98. The van der Waals surface area contributed by atoms with Crippen molar-refractivity contribution in [3.63, 3.8) is 0 Å². The van der Waals surface area contributed by atoms with Crippen LogP contribution >= 0.6 is 11.6 Å². The van der Waals surface area contributed by atoms with Crippen molar-refractivity contribution in [2.45, 2.75) is 51.0 Å². The molecule has 0 saturated heterocycles. The van der Waals surface area contributed by atoms with Gasteiger partial charge in [0.05, 0.1) is 17.3 Å². The summed E-state index contributed by atoms with van der Waals surface area (Å²) in [6.07, 6.45) is 4.97. The molecule has 0 aliphatic heterocycles. The van der Waals surface area contributed by atoms with Gasteiger partial charge in [-0.05, 0) is 44.7 Å². The van der Waals surface area contributed by atoms with Gasteiger partial charge in [0.1, 0.15) is 17.0 Å². The van der Waals surface area contributed by atoms with Crippen molar-refractivity contribution in [3.05, 3.63) is 58.1 Å². The molecule has 2 aliphatic rings. The number of hydrogen-bond acceptors (Lipinski definition) is 4. The fourth-order valence-electron chi connectivity index (χ4n) is 3.76.